The minimum Gasteiger partial charge on any atom is -0.492 e. The number of hydrogen-bond acceptors (Lipinski definition) is 8. The molecule has 0 aliphatic carbocycles. The Bertz CT molecular complexity index is 1400. The first-order valence-corrected chi connectivity index (χ1v) is 15.1. The Morgan fingerprint density at radius 2 is 1.82 bits per heavy atom. The molecule has 2 saturated heterocycles. The van der Waals surface area contributed by atoms with E-state index in [1.54, 1.807) is 23.9 Å². The van der Waals surface area contributed by atoms with Gasteiger partial charge in [-0.3, -0.25) is 9.69 Å². The highest BCUT2D eigenvalue weighted by Crippen LogP contribution is 2.45. The van der Waals surface area contributed by atoms with E-state index in [0.29, 0.717) is 50.5 Å². The lowest BCUT2D eigenvalue weighted by atomic mass is 9.83. The van der Waals surface area contributed by atoms with Gasteiger partial charge in [0.2, 0.25) is 0 Å². The molecule has 0 spiro atoms. The van der Waals surface area contributed by atoms with E-state index in [-0.39, 0.29) is 5.43 Å². The van der Waals surface area contributed by atoms with Gasteiger partial charge in [-0.2, -0.15) is 0 Å². The fourth-order valence-electron chi connectivity index (χ4n) is 5.93. The molecule has 40 heavy (non-hydrogen) atoms. The highest BCUT2D eigenvalue weighted by molar-refractivity contribution is 7.99. The van der Waals surface area contributed by atoms with Crippen LogP contribution in [0.1, 0.15) is 37.8 Å². The lowest BCUT2D eigenvalue weighted by molar-refractivity contribution is -0.0137. The lowest BCUT2D eigenvalue weighted by Gasteiger charge is -2.37. The van der Waals surface area contributed by atoms with Crippen molar-refractivity contribution < 1.29 is 19.0 Å². The molecule has 1 aromatic heterocycles. The highest BCUT2D eigenvalue weighted by Gasteiger charge is 2.30. The van der Waals surface area contributed by atoms with E-state index < -0.39 is 5.60 Å². The van der Waals surface area contributed by atoms with Gasteiger partial charge in [0.1, 0.15) is 18.1 Å². The summed E-state index contributed by atoms with van der Waals surface area (Å²) in [7, 11) is 0. The molecule has 8 heteroatoms. The summed E-state index contributed by atoms with van der Waals surface area (Å²) in [5.41, 5.74) is 2.78. The average molecular weight is 563 g/mol. The van der Waals surface area contributed by atoms with Gasteiger partial charge in [0.15, 0.2) is 11.3 Å². The molecule has 2 fully saturated rings. The molecule has 2 aromatic carbocycles. The number of morpholine rings is 1. The predicted molar refractivity (Wildman–Crippen MR) is 158 cm³/mol. The molecule has 7 nitrogen and oxygen atoms in total. The molecule has 212 valence electrons. The summed E-state index contributed by atoms with van der Waals surface area (Å²) in [6.07, 6.45) is 2.87. The number of benzene rings is 2. The summed E-state index contributed by atoms with van der Waals surface area (Å²) < 4.78 is 17.9. The monoisotopic (exact) mass is 562 g/mol. The molecular formula is C32H38N2O5S. The SMILES string of the molecule is CC(C)(O)C1CCN(CCOc2ccc3c(c2)Cc2cccc(-c4cc(=O)cc(N5CCOCC5)o4)c2S3)CC1. The predicted octanol–water partition coefficient (Wildman–Crippen LogP) is 5.06. The van der Waals surface area contributed by atoms with Gasteiger partial charge in [-0.15, -0.1) is 0 Å². The number of piperidine rings is 1. The summed E-state index contributed by atoms with van der Waals surface area (Å²) in [5.74, 6) is 2.48. The minimum atomic E-state index is -0.593. The molecule has 3 aromatic rings. The van der Waals surface area contributed by atoms with Gasteiger partial charge in [0.25, 0.3) is 0 Å². The number of aliphatic hydroxyl groups is 1. The van der Waals surface area contributed by atoms with Crippen molar-refractivity contribution in [1.29, 1.82) is 0 Å². The van der Waals surface area contributed by atoms with Gasteiger partial charge in [-0.25, -0.2) is 0 Å². The van der Waals surface area contributed by atoms with Crippen LogP contribution in [0, 0.1) is 5.92 Å². The molecule has 6 rings (SSSR count). The van der Waals surface area contributed by atoms with Crippen LogP contribution in [0.2, 0.25) is 0 Å². The fraction of sp³-hybridized carbons (Fsp3) is 0.469. The zero-order valence-corrected chi connectivity index (χ0v) is 24.2. The van der Waals surface area contributed by atoms with Gasteiger partial charge < -0.3 is 23.9 Å². The maximum absolute atomic E-state index is 12.6. The van der Waals surface area contributed by atoms with Crippen molar-refractivity contribution in [3.63, 3.8) is 0 Å². The Morgan fingerprint density at radius 3 is 2.60 bits per heavy atom. The second-order valence-corrected chi connectivity index (χ2v) is 12.6. The van der Waals surface area contributed by atoms with Crippen molar-refractivity contribution in [2.24, 2.45) is 5.92 Å². The zero-order chi connectivity index (χ0) is 27.7. The van der Waals surface area contributed by atoms with Crippen LogP contribution in [0.4, 0.5) is 5.88 Å². The minimum absolute atomic E-state index is 0.0510. The molecular weight excluding hydrogens is 524 g/mol. The van der Waals surface area contributed by atoms with E-state index in [0.717, 1.165) is 55.1 Å². The van der Waals surface area contributed by atoms with E-state index in [9.17, 15) is 9.90 Å². The maximum Gasteiger partial charge on any atom is 0.200 e. The maximum atomic E-state index is 12.6. The Hall–Kier alpha value is -2.78. The summed E-state index contributed by atoms with van der Waals surface area (Å²) in [6, 6.07) is 15.8. The van der Waals surface area contributed by atoms with Crippen molar-refractivity contribution in [3.05, 3.63) is 69.9 Å². The number of ether oxygens (including phenoxy) is 2. The van der Waals surface area contributed by atoms with Gasteiger partial charge in [0.05, 0.1) is 18.8 Å². The number of fused-ring (bicyclic) bond motifs is 2. The normalized spacial score (nSPS) is 18.3. The molecule has 0 atom stereocenters. The van der Waals surface area contributed by atoms with Crippen LogP contribution in [0.15, 0.2) is 67.5 Å². The van der Waals surface area contributed by atoms with Crippen molar-refractivity contribution in [3.8, 4) is 17.1 Å². The first-order valence-electron chi connectivity index (χ1n) is 14.3. The Labute approximate surface area is 240 Å². The highest BCUT2D eigenvalue weighted by atomic mass is 32.2. The Morgan fingerprint density at radius 1 is 1.02 bits per heavy atom. The van der Waals surface area contributed by atoms with E-state index in [1.807, 2.05) is 26.0 Å². The zero-order valence-electron chi connectivity index (χ0n) is 23.4. The van der Waals surface area contributed by atoms with Crippen LogP contribution in [-0.4, -0.2) is 68.2 Å². The molecule has 0 bridgehead atoms. The lowest BCUT2D eigenvalue weighted by Crippen LogP contribution is -2.43. The Balaban J connectivity index is 1.12. The third kappa shape index (κ3) is 6.10. The molecule has 0 unspecified atom stereocenters. The largest absolute Gasteiger partial charge is 0.492 e. The van der Waals surface area contributed by atoms with Crippen LogP contribution < -0.4 is 15.1 Å². The van der Waals surface area contributed by atoms with Crippen LogP contribution in [0.3, 0.4) is 0 Å². The summed E-state index contributed by atoms with van der Waals surface area (Å²) in [4.78, 5) is 19.5. The molecule has 0 saturated carbocycles. The number of hydrogen-bond donors (Lipinski definition) is 1. The van der Waals surface area contributed by atoms with Crippen molar-refractivity contribution in [2.75, 3.05) is 57.4 Å². The topological polar surface area (TPSA) is 75.4 Å². The van der Waals surface area contributed by atoms with E-state index in [4.69, 9.17) is 13.9 Å². The third-order valence-electron chi connectivity index (χ3n) is 8.33. The number of rotatable bonds is 7. The third-order valence-corrected chi connectivity index (χ3v) is 9.63. The van der Waals surface area contributed by atoms with Crippen LogP contribution >= 0.6 is 11.8 Å². The summed E-state index contributed by atoms with van der Waals surface area (Å²) >= 11 is 1.73. The van der Waals surface area contributed by atoms with E-state index in [2.05, 4.69) is 34.1 Å². The van der Waals surface area contributed by atoms with Crippen LogP contribution in [0.5, 0.6) is 5.75 Å². The molecule has 1 N–H and O–H groups in total. The van der Waals surface area contributed by atoms with Crippen LogP contribution in [0.25, 0.3) is 11.3 Å². The summed E-state index contributed by atoms with van der Waals surface area (Å²) in [5, 5.41) is 10.3. The van der Waals surface area contributed by atoms with Gasteiger partial charge in [-0.1, -0.05) is 30.0 Å². The van der Waals surface area contributed by atoms with E-state index in [1.165, 1.54) is 16.0 Å². The number of anilines is 1. The molecule has 0 amide bonds. The first kappa shape index (κ1) is 27.4. The van der Waals surface area contributed by atoms with Gasteiger partial charge >= 0.3 is 0 Å². The van der Waals surface area contributed by atoms with Crippen molar-refractivity contribution in [2.45, 2.75) is 48.5 Å². The molecule has 3 aliphatic heterocycles. The molecule has 3 aliphatic rings. The van der Waals surface area contributed by atoms with Crippen molar-refractivity contribution in [1.82, 2.24) is 4.90 Å². The summed E-state index contributed by atoms with van der Waals surface area (Å²) in [6.45, 7) is 10.1. The van der Waals surface area contributed by atoms with Gasteiger partial charge in [-0.05, 0) is 81.4 Å². The van der Waals surface area contributed by atoms with Crippen LogP contribution in [-0.2, 0) is 11.2 Å². The fourth-order valence-corrected chi connectivity index (χ4v) is 7.10. The quantitative estimate of drug-likeness (QED) is 0.335. The Kier molecular flexibility index (Phi) is 7.95. The standard InChI is InChI=1S/C32H38N2O5S/c1-32(2,36)24-8-10-33(11-9-24)12-17-38-26-6-7-29-23(19-26)18-22-4-3-5-27(31(22)40-29)28-20-25(35)21-30(39-28)34-13-15-37-16-14-34/h3-7,19-21,24,36H,8-18H2,1-2H3. The second kappa shape index (κ2) is 11.6. The van der Waals surface area contributed by atoms with Crippen molar-refractivity contribution >= 4 is 17.6 Å². The number of likely N-dealkylation sites (tertiary alicyclic amines) is 1. The number of nitrogens with zero attached hydrogens (tertiary/aromatic N) is 2. The molecule has 4 heterocycles. The average Bonchev–Trinajstić information content (AvgIpc) is 2.95. The first-order chi connectivity index (χ1) is 19.3. The molecule has 0 radical (unpaired) electrons. The second-order valence-electron chi connectivity index (χ2n) is 11.6. The van der Waals surface area contributed by atoms with E-state index >= 15 is 0 Å². The smallest absolute Gasteiger partial charge is 0.200 e. The van der Waals surface area contributed by atoms with Gasteiger partial charge in [0, 0.05) is 47.1 Å².